The van der Waals surface area contributed by atoms with Crippen molar-refractivity contribution in [1.29, 1.82) is 0 Å². The van der Waals surface area contributed by atoms with Gasteiger partial charge in [0.05, 0.1) is 0 Å². The summed E-state index contributed by atoms with van der Waals surface area (Å²) in [6.45, 7) is -0.0492. The highest BCUT2D eigenvalue weighted by atomic mass is 19.1. The van der Waals surface area contributed by atoms with Crippen molar-refractivity contribution in [3.8, 4) is 5.75 Å². The van der Waals surface area contributed by atoms with Gasteiger partial charge in [-0.1, -0.05) is 0 Å². The van der Waals surface area contributed by atoms with Gasteiger partial charge in [0, 0.05) is 18.2 Å². The maximum absolute atomic E-state index is 13.0. The van der Waals surface area contributed by atoms with Crippen LogP contribution in [0.1, 0.15) is 12.8 Å². The van der Waals surface area contributed by atoms with Crippen LogP contribution in [0.4, 0.5) is 8.78 Å². The van der Waals surface area contributed by atoms with Gasteiger partial charge < -0.3 is 15.8 Å². The van der Waals surface area contributed by atoms with Crippen molar-refractivity contribution in [2.24, 2.45) is 11.7 Å². The molecule has 104 valence electrons. The molecule has 0 heterocycles. The van der Waals surface area contributed by atoms with E-state index in [0.29, 0.717) is 0 Å². The van der Waals surface area contributed by atoms with Crippen LogP contribution in [0.3, 0.4) is 0 Å². The van der Waals surface area contributed by atoms with E-state index in [1.807, 2.05) is 0 Å². The summed E-state index contributed by atoms with van der Waals surface area (Å²) in [5.74, 6) is -1.83. The lowest BCUT2D eigenvalue weighted by Crippen LogP contribution is -2.59. The van der Waals surface area contributed by atoms with Crippen LogP contribution in [0.2, 0.25) is 0 Å². The van der Waals surface area contributed by atoms with Gasteiger partial charge in [-0.3, -0.25) is 4.79 Å². The molecule has 0 saturated heterocycles. The summed E-state index contributed by atoms with van der Waals surface area (Å²) in [5.41, 5.74) is 4.43. The number of rotatable bonds is 6. The zero-order chi connectivity index (χ0) is 14.0. The van der Waals surface area contributed by atoms with Crippen LogP contribution in [0, 0.1) is 17.6 Å². The van der Waals surface area contributed by atoms with E-state index < -0.39 is 23.1 Å². The quantitative estimate of drug-likeness (QED) is 0.816. The topological polar surface area (TPSA) is 64.3 Å². The normalized spacial score (nSPS) is 17.8. The Kier molecular flexibility index (Phi) is 3.71. The first kappa shape index (κ1) is 13.7. The van der Waals surface area contributed by atoms with Crippen molar-refractivity contribution in [1.82, 2.24) is 5.32 Å². The number of nitrogens with one attached hydrogen (secondary N) is 1. The molecule has 1 fully saturated rings. The molecule has 3 N–H and O–H groups in total. The van der Waals surface area contributed by atoms with Crippen molar-refractivity contribution in [2.45, 2.75) is 18.4 Å². The molecule has 1 unspecified atom stereocenters. The van der Waals surface area contributed by atoms with Crippen molar-refractivity contribution < 1.29 is 18.3 Å². The molecular formula is C13H16F2N2O2. The van der Waals surface area contributed by atoms with Crippen LogP contribution in [0.25, 0.3) is 0 Å². The predicted molar refractivity (Wildman–Crippen MR) is 65.6 cm³/mol. The SMILES string of the molecule is CNC(COc1cc(F)cc(F)c1)(C(N)=O)C1CC1. The number of halogens is 2. The summed E-state index contributed by atoms with van der Waals surface area (Å²) in [5, 5.41) is 2.89. The van der Waals surface area contributed by atoms with E-state index in [0.717, 1.165) is 31.0 Å². The Hall–Kier alpha value is -1.69. The smallest absolute Gasteiger partial charge is 0.241 e. The van der Waals surface area contributed by atoms with Gasteiger partial charge in [-0.15, -0.1) is 0 Å². The largest absolute Gasteiger partial charge is 0.491 e. The third-order valence-electron chi connectivity index (χ3n) is 3.46. The Bertz CT molecular complexity index is 471. The van der Waals surface area contributed by atoms with Crippen molar-refractivity contribution in [2.75, 3.05) is 13.7 Å². The number of carbonyl (C=O) groups excluding carboxylic acids is 1. The maximum atomic E-state index is 13.0. The lowest BCUT2D eigenvalue weighted by Gasteiger charge is -2.30. The minimum atomic E-state index is -0.983. The second-order valence-corrected chi connectivity index (χ2v) is 4.75. The van der Waals surface area contributed by atoms with E-state index in [2.05, 4.69) is 5.32 Å². The number of likely N-dealkylation sites (N-methyl/N-ethyl adjacent to an activating group) is 1. The number of nitrogens with two attached hydrogens (primary N) is 1. The highest BCUT2D eigenvalue weighted by Crippen LogP contribution is 2.39. The number of ether oxygens (including phenoxy) is 1. The van der Waals surface area contributed by atoms with Crippen LogP contribution < -0.4 is 15.8 Å². The Morgan fingerprint density at radius 1 is 1.42 bits per heavy atom. The Morgan fingerprint density at radius 3 is 2.42 bits per heavy atom. The number of primary amides is 1. The average molecular weight is 270 g/mol. The first-order chi connectivity index (χ1) is 8.98. The van der Waals surface area contributed by atoms with Crippen molar-refractivity contribution >= 4 is 5.91 Å². The fourth-order valence-corrected chi connectivity index (χ4v) is 2.17. The summed E-state index contributed by atoms with van der Waals surface area (Å²) in [6.07, 6.45) is 1.76. The molecule has 1 saturated carbocycles. The molecule has 4 nitrogen and oxygen atoms in total. The van der Waals surface area contributed by atoms with Crippen LogP contribution in [0.5, 0.6) is 5.75 Å². The number of hydrogen-bond acceptors (Lipinski definition) is 3. The van der Waals surface area contributed by atoms with Crippen LogP contribution in [0.15, 0.2) is 18.2 Å². The molecule has 1 aliphatic carbocycles. The molecule has 0 aliphatic heterocycles. The van der Waals surface area contributed by atoms with E-state index in [1.165, 1.54) is 0 Å². The lowest BCUT2D eigenvalue weighted by molar-refractivity contribution is -0.126. The molecule has 1 aromatic rings. The van der Waals surface area contributed by atoms with Gasteiger partial charge in [0.1, 0.15) is 29.5 Å². The van der Waals surface area contributed by atoms with Crippen LogP contribution >= 0.6 is 0 Å². The maximum Gasteiger partial charge on any atom is 0.241 e. The Morgan fingerprint density at radius 2 is 2.00 bits per heavy atom. The van der Waals surface area contributed by atoms with Gasteiger partial charge >= 0.3 is 0 Å². The van der Waals surface area contributed by atoms with Crippen molar-refractivity contribution in [3.05, 3.63) is 29.8 Å². The van der Waals surface area contributed by atoms with Crippen LogP contribution in [-0.2, 0) is 4.79 Å². The highest BCUT2D eigenvalue weighted by molar-refractivity contribution is 5.85. The second kappa shape index (κ2) is 5.13. The van der Waals surface area contributed by atoms with E-state index >= 15 is 0 Å². The fraction of sp³-hybridized carbons (Fsp3) is 0.462. The predicted octanol–water partition coefficient (Wildman–Crippen LogP) is 1.20. The number of amides is 1. The third kappa shape index (κ3) is 2.84. The molecule has 2 rings (SSSR count). The van der Waals surface area contributed by atoms with Gasteiger partial charge in [-0.2, -0.15) is 0 Å². The van der Waals surface area contributed by atoms with E-state index in [-0.39, 0.29) is 18.3 Å². The summed E-state index contributed by atoms with van der Waals surface area (Å²) >= 11 is 0. The van der Waals surface area contributed by atoms with E-state index in [1.54, 1.807) is 7.05 Å². The van der Waals surface area contributed by atoms with E-state index in [9.17, 15) is 13.6 Å². The van der Waals surface area contributed by atoms with Gasteiger partial charge in [0.25, 0.3) is 0 Å². The molecular weight excluding hydrogens is 254 g/mol. The molecule has 1 aliphatic rings. The average Bonchev–Trinajstić information content (AvgIpc) is 3.13. The zero-order valence-electron chi connectivity index (χ0n) is 10.6. The molecule has 1 aromatic carbocycles. The summed E-state index contributed by atoms with van der Waals surface area (Å²) in [6, 6.07) is 2.89. The summed E-state index contributed by atoms with van der Waals surface area (Å²) in [7, 11) is 1.62. The molecule has 1 atom stereocenters. The van der Waals surface area contributed by atoms with Gasteiger partial charge in [-0.05, 0) is 25.8 Å². The monoisotopic (exact) mass is 270 g/mol. The number of carbonyl (C=O) groups is 1. The van der Waals surface area contributed by atoms with E-state index in [4.69, 9.17) is 10.5 Å². The summed E-state index contributed by atoms with van der Waals surface area (Å²) < 4.78 is 31.4. The molecule has 0 bridgehead atoms. The second-order valence-electron chi connectivity index (χ2n) is 4.75. The molecule has 19 heavy (non-hydrogen) atoms. The molecule has 1 amide bonds. The molecule has 6 heteroatoms. The van der Waals surface area contributed by atoms with Gasteiger partial charge in [0.2, 0.25) is 5.91 Å². The number of hydrogen-bond donors (Lipinski definition) is 2. The molecule has 0 aromatic heterocycles. The first-order valence-electron chi connectivity index (χ1n) is 6.05. The molecule has 0 spiro atoms. The zero-order valence-corrected chi connectivity index (χ0v) is 10.6. The van der Waals surface area contributed by atoms with Crippen LogP contribution in [-0.4, -0.2) is 25.1 Å². The number of benzene rings is 1. The first-order valence-corrected chi connectivity index (χ1v) is 6.05. The van der Waals surface area contributed by atoms with Gasteiger partial charge in [-0.25, -0.2) is 8.78 Å². The highest BCUT2D eigenvalue weighted by Gasteiger charge is 2.49. The van der Waals surface area contributed by atoms with Gasteiger partial charge in [0.15, 0.2) is 0 Å². The van der Waals surface area contributed by atoms with Crippen molar-refractivity contribution in [3.63, 3.8) is 0 Å². The third-order valence-corrected chi connectivity index (χ3v) is 3.46. The molecule has 0 radical (unpaired) electrons. The Labute approximate surface area is 109 Å². The minimum absolute atomic E-state index is 0.0408. The summed E-state index contributed by atoms with van der Waals surface area (Å²) in [4.78, 5) is 11.6. The lowest BCUT2D eigenvalue weighted by atomic mass is 9.93. The minimum Gasteiger partial charge on any atom is -0.491 e. The standard InChI is InChI=1S/C13H16F2N2O2/c1-17-13(12(16)18,8-2-3-8)7-19-11-5-9(14)4-10(15)6-11/h4-6,8,17H,2-3,7H2,1H3,(H2,16,18). The fourth-order valence-electron chi connectivity index (χ4n) is 2.17. The Balaban J connectivity index is 2.12.